The number of hydrogen-bond donors (Lipinski definition) is 3. The molecular formula is C16H25N5O2. The van der Waals surface area contributed by atoms with Gasteiger partial charge in [-0.2, -0.15) is 4.98 Å². The number of nitrogens with two attached hydrogens (primary N) is 1. The molecule has 1 aromatic heterocycles. The van der Waals surface area contributed by atoms with Gasteiger partial charge in [0.2, 0.25) is 11.9 Å². The third-order valence-corrected chi connectivity index (χ3v) is 5.19. The van der Waals surface area contributed by atoms with Crippen LogP contribution < -0.4 is 16.0 Å². The van der Waals surface area contributed by atoms with Crippen LogP contribution in [-0.4, -0.2) is 46.7 Å². The molecule has 4 N–H and O–H groups in total. The van der Waals surface area contributed by atoms with Crippen molar-refractivity contribution >= 4 is 17.7 Å². The van der Waals surface area contributed by atoms with Crippen molar-refractivity contribution in [1.29, 1.82) is 0 Å². The van der Waals surface area contributed by atoms with Crippen LogP contribution in [0.25, 0.3) is 0 Å². The Hall–Kier alpha value is -1.89. The SMILES string of the molecule is CCc1nc(N)nc(N2CC[C@H](O)[C@@]3(CCCNC3=O)C2)c1C. The lowest BCUT2D eigenvalue weighted by atomic mass is 9.71. The normalized spacial score (nSPS) is 28.0. The Labute approximate surface area is 136 Å². The number of hydrogen-bond acceptors (Lipinski definition) is 6. The number of aryl methyl sites for hydroxylation is 1. The van der Waals surface area contributed by atoms with Crippen LogP contribution >= 0.6 is 0 Å². The van der Waals surface area contributed by atoms with Gasteiger partial charge in [0.1, 0.15) is 5.82 Å². The van der Waals surface area contributed by atoms with Crippen LogP contribution in [0, 0.1) is 12.3 Å². The Bertz CT molecular complexity index is 621. The molecule has 0 radical (unpaired) electrons. The fourth-order valence-electron chi connectivity index (χ4n) is 3.84. The maximum atomic E-state index is 12.5. The van der Waals surface area contributed by atoms with Gasteiger partial charge >= 0.3 is 0 Å². The second kappa shape index (κ2) is 5.96. The van der Waals surface area contributed by atoms with E-state index in [1.165, 1.54) is 0 Å². The molecule has 23 heavy (non-hydrogen) atoms. The van der Waals surface area contributed by atoms with E-state index in [4.69, 9.17) is 5.73 Å². The molecule has 0 saturated carbocycles. The highest BCUT2D eigenvalue weighted by Gasteiger charge is 2.50. The lowest BCUT2D eigenvalue weighted by Crippen LogP contribution is -2.61. The van der Waals surface area contributed by atoms with E-state index in [-0.39, 0.29) is 11.9 Å². The average Bonchev–Trinajstić information content (AvgIpc) is 2.54. The number of nitrogens with one attached hydrogen (secondary N) is 1. The van der Waals surface area contributed by atoms with E-state index in [0.29, 0.717) is 32.5 Å². The van der Waals surface area contributed by atoms with Gasteiger partial charge in [0.15, 0.2) is 0 Å². The summed E-state index contributed by atoms with van der Waals surface area (Å²) in [5.41, 5.74) is 7.05. The number of nitrogens with zero attached hydrogens (tertiary/aromatic N) is 3. The zero-order valence-corrected chi connectivity index (χ0v) is 13.8. The van der Waals surface area contributed by atoms with Crippen molar-refractivity contribution in [2.24, 2.45) is 5.41 Å². The average molecular weight is 319 g/mol. The zero-order valence-electron chi connectivity index (χ0n) is 13.8. The molecule has 7 heteroatoms. The number of anilines is 2. The quantitative estimate of drug-likeness (QED) is 0.729. The first-order chi connectivity index (χ1) is 11.0. The zero-order chi connectivity index (χ0) is 16.6. The van der Waals surface area contributed by atoms with Crippen LogP contribution in [0.2, 0.25) is 0 Å². The molecule has 2 aliphatic rings. The molecule has 2 fully saturated rings. The molecule has 1 amide bonds. The van der Waals surface area contributed by atoms with Gasteiger partial charge in [-0.3, -0.25) is 4.79 Å². The highest BCUT2D eigenvalue weighted by molar-refractivity contribution is 5.85. The summed E-state index contributed by atoms with van der Waals surface area (Å²) in [7, 11) is 0. The van der Waals surface area contributed by atoms with Crippen LogP contribution in [-0.2, 0) is 11.2 Å². The number of piperidine rings is 2. The highest BCUT2D eigenvalue weighted by atomic mass is 16.3. The largest absolute Gasteiger partial charge is 0.392 e. The van der Waals surface area contributed by atoms with Crippen molar-refractivity contribution < 1.29 is 9.90 Å². The molecule has 1 aromatic rings. The first kappa shape index (κ1) is 16.0. The second-order valence-corrected chi connectivity index (χ2v) is 6.57. The van der Waals surface area contributed by atoms with Crippen LogP contribution in [0.15, 0.2) is 0 Å². The van der Waals surface area contributed by atoms with E-state index in [1.54, 1.807) is 0 Å². The molecule has 2 saturated heterocycles. The maximum absolute atomic E-state index is 12.5. The molecule has 7 nitrogen and oxygen atoms in total. The van der Waals surface area contributed by atoms with E-state index in [2.05, 4.69) is 20.2 Å². The molecule has 0 aromatic carbocycles. The summed E-state index contributed by atoms with van der Waals surface area (Å²) < 4.78 is 0. The van der Waals surface area contributed by atoms with E-state index in [9.17, 15) is 9.90 Å². The van der Waals surface area contributed by atoms with Gasteiger partial charge in [-0.05, 0) is 32.6 Å². The Morgan fingerprint density at radius 3 is 2.96 bits per heavy atom. The van der Waals surface area contributed by atoms with Gasteiger partial charge in [-0.25, -0.2) is 4.98 Å². The number of rotatable bonds is 2. The summed E-state index contributed by atoms with van der Waals surface area (Å²) in [5, 5.41) is 13.4. The van der Waals surface area contributed by atoms with Gasteiger partial charge in [0.05, 0.1) is 17.2 Å². The Morgan fingerprint density at radius 2 is 2.26 bits per heavy atom. The lowest BCUT2D eigenvalue weighted by molar-refractivity contribution is -0.142. The number of carbonyl (C=O) groups is 1. The molecule has 0 bridgehead atoms. The van der Waals surface area contributed by atoms with Gasteiger partial charge in [-0.15, -0.1) is 0 Å². The van der Waals surface area contributed by atoms with Gasteiger partial charge in [-0.1, -0.05) is 6.92 Å². The van der Waals surface area contributed by atoms with Gasteiger partial charge < -0.3 is 21.1 Å². The monoisotopic (exact) mass is 319 g/mol. The summed E-state index contributed by atoms with van der Waals surface area (Å²) in [5.74, 6) is 1.01. The third-order valence-electron chi connectivity index (χ3n) is 5.19. The minimum atomic E-state index is -0.741. The molecule has 126 valence electrons. The predicted octanol–water partition coefficient (Wildman–Crippen LogP) is 0.397. The smallest absolute Gasteiger partial charge is 0.230 e. The van der Waals surface area contributed by atoms with Crippen molar-refractivity contribution in [3.63, 3.8) is 0 Å². The van der Waals surface area contributed by atoms with Crippen LogP contribution in [0.4, 0.5) is 11.8 Å². The Balaban J connectivity index is 1.96. The van der Waals surface area contributed by atoms with E-state index >= 15 is 0 Å². The first-order valence-electron chi connectivity index (χ1n) is 8.32. The molecule has 2 aliphatic heterocycles. The van der Waals surface area contributed by atoms with Gasteiger partial charge in [0, 0.05) is 25.2 Å². The summed E-state index contributed by atoms with van der Waals surface area (Å²) >= 11 is 0. The Morgan fingerprint density at radius 1 is 1.48 bits per heavy atom. The number of aliphatic hydroxyl groups is 1. The first-order valence-corrected chi connectivity index (χ1v) is 8.32. The number of aromatic nitrogens is 2. The van der Waals surface area contributed by atoms with Crippen LogP contribution in [0.3, 0.4) is 0 Å². The summed E-state index contributed by atoms with van der Waals surface area (Å²) in [4.78, 5) is 23.3. The second-order valence-electron chi connectivity index (χ2n) is 6.57. The minimum absolute atomic E-state index is 0.0450. The minimum Gasteiger partial charge on any atom is -0.392 e. The summed E-state index contributed by atoms with van der Waals surface area (Å²) in [6, 6.07) is 0. The van der Waals surface area contributed by atoms with Crippen molar-refractivity contribution in [2.75, 3.05) is 30.3 Å². The topological polar surface area (TPSA) is 104 Å². The number of aliphatic hydroxyl groups excluding tert-OH is 1. The maximum Gasteiger partial charge on any atom is 0.230 e. The number of amides is 1. The van der Waals surface area contributed by atoms with Crippen LogP contribution in [0.1, 0.15) is 37.4 Å². The molecular weight excluding hydrogens is 294 g/mol. The van der Waals surface area contributed by atoms with Crippen molar-refractivity contribution in [2.45, 2.75) is 45.6 Å². The summed E-state index contributed by atoms with van der Waals surface area (Å²) in [6.07, 6.45) is 2.33. The van der Waals surface area contributed by atoms with Crippen molar-refractivity contribution in [3.8, 4) is 0 Å². The van der Waals surface area contributed by atoms with Gasteiger partial charge in [0.25, 0.3) is 0 Å². The molecule has 2 atom stereocenters. The standard InChI is InChI=1S/C16H25N5O2/c1-3-11-10(2)13(20-15(17)19-11)21-8-5-12(22)16(9-21)6-4-7-18-14(16)23/h12,22H,3-9H2,1-2H3,(H,18,23)(H2,17,19,20)/t12-,16+/m0/s1. The summed E-state index contributed by atoms with van der Waals surface area (Å²) in [6.45, 7) is 5.85. The fourth-order valence-corrected chi connectivity index (χ4v) is 3.84. The number of nitrogen functional groups attached to an aromatic ring is 1. The van der Waals surface area contributed by atoms with E-state index in [1.807, 2.05) is 13.8 Å². The lowest BCUT2D eigenvalue weighted by Gasteiger charge is -2.47. The fraction of sp³-hybridized carbons (Fsp3) is 0.688. The molecule has 1 spiro atoms. The molecule has 3 rings (SSSR count). The van der Waals surface area contributed by atoms with Crippen molar-refractivity contribution in [1.82, 2.24) is 15.3 Å². The Kier molecular flexibility index (Phi) is 4.14. The highest BCUT2D eigenvalue weighted by Crippen LogP contribution is 2.39. The van der Waals surface area contributed by atoms with E-state index in [0.717, 1.165) is 29.9 Å². The number of carbonyl (C=O) groups excluding carboxylic acids is 1. The van der Waals surface area contributed by atoms with Crippen molar-refractivity contribution in [3.05, 3.63) is 11.3 Å². The van der Waals surface area contributed by atoms with Crippen LogP contribution in [0.5, 0.6) is 0 Å². The predicted molar refractivity (Wildman–Crippen MR) is 88.1 cm³/mol. The molecule has 3 heterocycles. The third kappa shape index (κ3) is 2.63. The molecule has 0 unspecified atom stereocenters. The van der Waals surface area contributed by atoms with E-state index < -0.39 is 11.5 Å². The molecule has 0 aliphatic carbocycles.